The average Bonchev–Trinajstić information content (AvgIpc) is 3.27. The SMILES string of the molecule is O=C(Nc1ccc(Sc2nc(Nc3cc(CO)[nH]n3)cc(N3CCC3)n2)cc1)c1ccccc1Cl. The van der Waals surface area contributed by atoms with Gasteiger partial charge in [-0.05, 0) is 54.6 Å². The van der Waals surface area contributed by atoms with E-state index in [4.69, 9.17) is 16.6 Å². The Morgan fingerprint density at radius 2 is 1.89 bits per heavy atom. The van der Waals surface area contributed by atoms with Crippen LogP contribution in [0.1, 0.15) is 22.5 Å². The number of hydrogen-bond donors (Lipinski definition) is 4. The monoisotopic (exact) mass is 507 g/mol. The van der Waals surface area contributed by atoms with Gasteiger partial charge in [-0.3, -0.25) is 9.89 Å². The molecule has 0 unspecified atom stereocenters. The van der Waals surface area contributed by atoms with Crippen LogP contribution in [-0.2, 0) is 6.61 Å². The Bertz CT molecular complexity index is 1340. The maximum absolute atomic E-state index is 12.5. The molecular weight excluding hydrogens is 486 g/mol. The molecule has 4 N–H and O–H groups in total. The summed E-state index contributed by atoms with van der Waals surface area (Å²) in [6.45, 7) is 1.79. The molecule has 0 bridgehead atoms. The molecule has 4 aromatic rings. The number of carbonyl (C=O) groups excluding carboxylic acids is 1. The fraction of sp³-hybridized carbons (Fsp3) is 0.167. The minimum atomic E-state index is -0.264. The highest BCUT2D eigenvalue weighted by Crippen LogP contribution is 2.31. The number of carbonyl (C=O) groups is 1. The van der Waals surface area contributed by atoms with E-state index in [-0.39, 0.29) is 12.5 Å². The third kappa shape index (κ3) is 5.56. The van der Waals surface area contributed by atoms with Crippen molar-refractivity contribution in [3.63, 3.8) is 0 Å². The molecule has 11 heteroatoms. The number of benzene rings is 2. The van der Waals surface area contributed by atoms with Crippen molar-refractivity contribution in [2.45, 2.75) is 23.1 Å². The number of nitrogens with zero attached hydrogens (tertiary/aromatic N) is 4. The topological polar surface area (TPSA) is 119 Å². The number of halogens is 1. The minimum Gasteiger partial charge on any atom is -0.390 e. The van der Waals surface area contributed by atoms with Crippen molar-refractivity contribution in [3.8, 4) is 0 Å². The average molecular weight is 508 g/mol. The molecule has 1 amide bonds. The Balaban J connectivity index is 1.31. The standard InChI is InChI=1S/C24H22ClN7O2S/c25-19-5-2-1-4-18(19)23(34)26-15-6-8-17(9-7-15)35-24-28-20(13-22(29-24)32-10-3-11-32)27-21-12-16(14-33)30-31-21/h1-2,4-9,12-13,33H,3,10-11,14H2,(H,26,34)(H2,27,28,29,30,31). The Kier molecular flexibility index (Phi) is 6.84. The number of hydrogen-bond acceptors (Lipinski definition) is 8. The van der Waals surface area contributed by atoms with E-state index in [1.165, 1.54) is 11.8 Å². The minimum absolute atomic E-state index is 0.118. The molecular formula is C24H22ClN7O2S. The van der Waals surface area contributed by atoms with Crippen molar-refractivity contribution >= 4 is 52.4 Å². The number of aromatic amines is 1. The van der Waals surface area contributed by atoms with Crippen LogP contribution in [0.3, 0.4) is 0 Å². The van der Waals surface area contributed by atoms with Crippen LogP contribution in [0.2, 0.25) is 5.02 Å². The van der Waals surface area contributed by atoms with Gasteiger partial charge in [0, 0.05) is 35.8 Å². The van der Waals surface area contributed by atoms with Gasteiger partial charge in [0.25, 0.3) is 5.91 Å². The second-order valence-electron chi connectivity index (χ2n) is 7.86. The molecule has 178 valence electrons. The number of aliphatic hydroxyl groups is 1. The lowest BCUT2D eigenvalue weighted by Gasteiger charge is -2.32. The quantitative estimate of drug-likeness (QED) is 0.253. The number of anilines is 4. The fourth-order valence-corrected chi connectivity index (χ4v) is 4.41. The van der Waals surface area contributed by atoms with E-state index in [2.05, 4.69) is 30.7 Å². The molecule has 3 heterocycles. The first-order chi connectivity index (χ1) is 17.1. The lowest BCUT2D eigenvalue weighted by molar-refractivity contribution is 0.102. The molecule has 2 aromatic heterocycles. The molecule has 1 fully saturated rings. The Labute approximate surface area is 210 Å². The predicted octanol–water partition coefficient (Wildman–Crippen LogP) is 4.70. The van der Waals surface area contributed by atoms with Gasteiger partial charge in [-0.15, -0.1) is 0 Å². The molecule has 1 aliphatic rings. The Morgan fingerprint density at radius 3 is 2.57 bits per heavy atom. The van der Waals surface area contributed by atoms with E-state index in [9.17, 15) is 9.90 Å². The summed E-state index contributed by atoms with van der Waals surface area (Å²) in [7, 11) is 0. The number of aromatic nitrogens is 4. The van der Waals surface area contributed by atoms with Crippen molar-refractivity contribution in [1.82, 2.24) is 20.2 Å². The Hall–Kier alpha value is -3.60. The van der Waals surface area contributed by atoms with Crippen LogP contribution in [0.15, 0.2) is 70.7 Å². The third-order valence-electron chi connectivity index (χ3n) is 5.37. The van der Waals surface area contributed by atoms with Gasteiger partial charge >= 0.3 is 0 Å². The molecule has 5 rings (SSSR count). The third-order valence-corrected chi connectivity index (χ3v) is 6.57. The van der Waals surface area contributed by atoms with Gasteiger partial charge in [-0.2, -0.15) is 5.10 Å². The number of rotatable bonds is 8. The van der Waals surface area contributed by atoms with Crippen LogP contribution in [-0.4, -0.2) is 44.3 Å². The molecule has 0 spiro atoms. The maximum Gasteiger partial charge on any atom is 0.257 e. The first kappa shape index (κ1) is 23.2. The maximum atomic E-state index is 12.5. The van der Waals surface area contributed by atoms with Crippen LogP contribution < -0.4 is 15.5 Å². The van der Waals surface area contributed by atoms with Crippen LogP contribution in [0.5, 0.6) is 0 Å². The predicted molar refractivity (Wildman–Crippen MR) is 137 cm³/mol. The first-order valence-electron chi connectivity index (χ1n) is 11.0. The fourth-order valence-electron chi connectivity index (χ4n) is 3.42. The molecule has 1 aliphatic heterocycles. The zero-order chi connectivity index (χ0) is 24.2. The van der Waals surface area contributed by atoms with Crippen LogP contribution in [0.25, 0.3) is 0 Å². The summed E-state index contributed by atoms with van der Waals surface area (Å²) in [6.07, 6.45) is 1.13. The summed E-state index contributed by atoms with van der Waals surface area (Å²) in [5, 5.41) is 23.2. The molecule has 2 aromatic carbocycles. The van der Waals surface area contributed by atoms with Gasteiger partial charge in [-0.1, -0.05) is 23.7 Å². The normalized spacial score (nSPS) is 12.8. The van der Waals surface area contributed by atoms with Crippen molar-refractivity contribution < 1.29 is 9.90 Å². The van der Waals surface area contributed by atoms with Gasteiger partial charge in [0.2, 0.25) is 0 Å². The van der Waals surface area contributed by atoms with Crippen LogP contribution >= 0.6 is 23.4 Å². The van der Waals surface area contributed by atoms with E-state index >= 15 is 0 Å². The van der Waals surface area contributed by atoms with Crippen molar-refractivity contribution in [2.75, 3.05) is 28.6 Å². The highest BCUT2D eigenvalue weighted by atomic mass is 35.5. The number of amides is 1. The summed E-state index contributed by atoms with van der Waals surface area (Å²) in [5.74, 6) is 1.76. The van der Waals surface area contributed by atoms with Crippen molar-refractivity contribution in [2.24, 2.45) is 0 Å². The molecule has 35 heavy (non-hydrogen) atoms. The second kappa shape index (κ2) is 10.3. The van der Waals surface area contributed by atoms with E-state index in [1.807, 2.05) is 30.3 Å². The van der Waals surface area contributed by atoms with Crippen molar-refractivity contribution in [1.29, 1.82) is 0 Å². The smallest absolute Gasteiger partial charge is 0.257 e. The van der Waals surface area contributed by atoms with Gasteiger partial charge in [0.05, 0.1) is 22.9 Å². The molecule has 0 saturated carbocycles. The highest BCUT2D eigenvalue weighted by molar-refractivity contribution is 7.99. The number of H-pyrrole nitrogens is 1. The first-order valence-corrected chi connectivity index (χ1v) is 12.2. The van der Waals surface area contributed by atoms with E-state index in [1.54, 1.807) is 30.3 Å². The zero-order valence-corrected chi connectivity index (χ0v) is 20.1. The summed E-state index contributed by atoms with van der Waals surface area (Å²) >= 11 is 7.54. The van der Waals surface area contributed by atoms with Crippen LogP contribution in [0.4, 0.5) is 23.1 Å². The molecule has 0 radical (unpaired) electrons. The van der Waals surface area contributed by atoms with Gasteiger partial charge in [0.15, 0.2) is 11.0 Å². The zero-order valence-electron chi connectivity index (χ0n) is 18.5. The van der Waals surface area contributed by atoms with E-state index in [0.717, 1.165) is 30.2 Å². The van der Waals surface area contributed by atoms with Gasteiger partial charge in [-0.25, -0.2) is 9.97 Å². The number of nitrogens with one attached hydrogen (secondary N) is 3. The van der Waals surface area contributed by atoms with Gasteiger partial charge in [0.1, 0.15) is 11.6 Å². The molecule has 0 atom stereocenters. The van der Waals surface area contributed by atoms with Crippen LogP contribution in [0, 0.1) is 0 Å². The van der Waals surface area contributed by atoms with E-state index < -0.39 is 0 Å². The molecule has 9 nitrogen and oxygen atoms in total. The summed E-state index contributed by atoms with van der Waals surface area (Å²) < 4.78 is 0. The van der Waals surface area contributed by atoms with E-state index in [0.29, 0.717) is 38.8 Å². The number of aliphatic hydroxyl groups excluding tert-OH is 1. The lowest BCUT2D eigenvalue weighted by atomic mass is 10.2. The largest absolute Gasteiger partial charge is 0.390 e. The molecule has 0 aliphatic carbocycles. The van der Waals surface area contributed by atoms with Crippen molar-refractivity contribution in [3.05, 3.63) is 76.9 Å². The van der Waals surface area contributed by atoms with Gasteiger partial charge < -0.3 is 20.6 Å². The Morgan fingerprint density at radius 1 is 1.09 bits per heavy atom. The second-order valence-corrected chi connectivity index (χ2v) is 9.30. The summed E-state index contributed by atoms with van der Waals surface area (Å²) in [5.41, 5.74) is 1.70. The lowest BCUT2D eigenvalue weighted by Crippen LogP contribution is -2.37. The molecule has 1 saturated heterocycles. The summed E-state index contributed by atoms with van der Waals surface area (Å²) in [6, 6.07) is 18.0. The highest BCUT2D eigenvalue weighted by Gasteiger charge is 2.19. The summed E-state index contributed by atoms with van der Waals surface area (Å²) in [4.78, 5) is 25.0.